The predicted octanol–water partition coefficient (Wildman–Crippen LogP) is 3.60. The Bertz CT molecular complexity index is 781. The molecule has 2 heterocycles. The predicted molar refractivity (Wildman–Crippen MR) is 109 cm³/mol. The zero-order valence-electron chi connectivity index (χ0n) is 16.0. The molecule has 1 aliphatic carbocycles. The fourth-order valence-corrected chi connectivity index (χ4v) is 4.38. The van der Waals surface area contributed by atoms with Crippen molar-refractivity contribution in [3.8, 4) is 0 Å². The first-order valence-corrected chi connectivity index (χ1v) is 10.8. The molecule has 0 N–H and O–H groups in total. The lowest BCUT2D eigenvalue weighted by atomic mass is 10.00. The van der Waals surface area contributed by atoms with E-state index in [-0.39, 0.29) is 5.91 Å². The van der Waals surface area contributed by atoms with Crippen LogP contribution >= 0.6 is 11.8 Å². The summed E-state index contributed by atoms with van der Waals surface area (Å²) in [4.78, 5) is 16.7. The summed E-state index contributed by atoms with van der Waals surface area (Å²) < 4.78 is 2.27. The topological polar surface area (TPSA) is 54.3 Å². The highest BCUT2D eigenvalue weighted by atomic mass is 32.2. The molecule has 1 saturated carbocycles. The number of piperidine rings is 1. The second-order valence-corrected chi connectivity index (χ2v) is 8.57. The van der Waals surface area contributed by atoms with Crippen molar-refractivity contribution in [1.29, 1.82) is 0 Å². The highest BCUT2D eigenvalue weighted by Crippen LogP contribution is 2.41. The van der Waals surface area contributed by atoms with Gasteiger partial charge in [0.1, 0.15) is 0 Å². The zero-order chi connectivity index (χ0) is 18.8. The molecule has 1 aliphatic heterocycles. The minimum atomic E-state index is 0.0740. The van der Waals surface area contributed by atoms with Crippen LogP contribution in [0.15, 0.2) is 35.5 Å². The summed E-state index contributed by atoms with van der Waals surface area (Å²) in [5, 5.41) is 9.82. The van der Waals surface area contributed by atoms with Crippen molar-refractivity contribution >= 4 is 29.3 Å². The van der Waals surface area contributed by atoms with Crippen molar-refractivity contribution in [3.05, 3.63) is 30.3 Å². The number of nitrogens with zero attached hydrogens (tertiary/aromatic N) is 5. The Hall–Kier alpha value is -2.02. The third kappa shape index (κ3) is 4.13. The van der Waals surface area contributed by atoms with Crippen LogP contribution in [0.4, 0.5) is 11.6 Å². The summed E-state index contributed by atoms with van der Waals surface area (Å²) in [6.07, 6.45) is 4.78. The normalized spacial score (nSPS) is 17.9. The smallest absolute Gasteiger partial charge is 0.237 e. The first-order valence-electron chi connectivity index (χ1n) is 9.77. The minimum absolute atomic E-state index is 0.0740. The molecule has 1 aromatic carbocycles. The molecule has 1 aromatic heterocycles. The maximum absolute atomic E-state index is 12.6. The average molecular weight is 386 g/mol. The van der Waals surface area contributed by atoms with Crippen LogP contribution in [0.5, 0.6) is 0 Å². The van der Waals surface area contributed by atoms with Gasteiger partial charge in [-0.1, -0.05) is 36.9 Å². The fourth-order valence-electron chi connectivity index (χ4n) is 3.46. The van der Waals surface area contributed by atoms with Gasteiger partial charge in [0.2, 0.25) is 11.9 Å². The van der Waals surface area contributed by atoms with Gasteiger partial charge in [0, 0.05) is 31.9 Å². The molecule has 6 nitrogen and oxygen atoms in total. The Kier molecular flexibility index (Phi) is 5.38. The lowest BCUT2D eigenvalue weighted by Gasteiger charge is -2.31. The minimum Gasteiger partial charge on any atom is -0.341 e. The van der Waals surface area contributed by atoms with Crippen LogP contribution in [0, 0.1) is 5.92 Å². The molecule has 2 aliphatic rings. The van der Waals surface area contributed by atoms with E-state index in [4.69, 9.17) is 0 Å². The Morgan fingerprint density at radius 3 is 2.52 bits per heavy atom. The Morgan fingerprint density at radius 2 is 1.85 bits per heavy atom. The monoisotopic (exact) mass is 385 g/mol. The van der Waals surface area contributed by atoms with E-state index < -0.39 is 0 Å². The van der Waals surface area contributed by atoms with Crippen LogP contribution in [0.2, 0.25) is 0 Å². The highest BCUT2D eigenvalue weighted by molar-refractivity contribution is 7.99. The third-order valence-electron chi connectivity index (χ3n) is 5.47. The molecule has 4 rings (SSSR count). The Labute approximate surface area is 164 Å². The molecule has 1 amide bonds. The molecule has 1 saturated heterocycles. The number of anilines is 2. The van der Waals surface area contributed by atoms with Gasteiger partial charge in [-0.15, -0.1) is 10.2 Å². The number of aromatic nitrogens is 3. The lowest BCUT2D eigenvalue weighted by molar-refractivity contribution is -0.115. The number of hydrogen-bond donors (Lipinski definition) is 0. The van der Waals surface area contributed by atoms with Gasteiger partial charge in [0.05, 0.1) is 5.75 Å². The fraction of sp³-hybridized carbons (Fsp3) is 0.550. The SMILES string of the molecule is CC1CCN(c2nnc(SCC(=O)N(C)c3ccccc3)n2C2CC2)CC1. The molecule has 0 unspecified atom stereocenters. The third-order valence-corrected chi connectivity index (χ3v) is 6.40. The standard InChI is InChI=1S/C20H27N5OS/c1-15-10-12-24(13-11-15)19-21-22-20(25(19)17-8-9-17)27-14-18(26)23(2)16-6-4-3-5-7-16/h3-7,15,17H,8-14H2,1-2H3. The van der Waals surface area contributed by atoms with E-state index in [1.54, 1.807) is 4.90 Å². The van der Waals surface area contributed by atoms with Gasteiger partial charge >= 0.3 is 0 Å². The number of rotatable bonds is 6. The molecule has 144 valence electrons. The molecule has 27 heavy (non-hydrogen) atoms. The lowest BCUT2D eigenvalue weighted by Crippen LogP contribution is -2.34. The summed E-state index contributed by atoms with van der Waals surface area (Å²) in [6.45, 7) is 4.41. The van der Waals surface area contributed by atoms with Crippen LogP contribution in [0.1, 0.15) is 38.6 Å². The average Bonchev–Trinajstić information content (AvgIpc) is 3.46. The number of benzene rings is 1. The van der Waals surface area contributed by atoms with E-state index in [0.29, 0.717) is 11.8 Å². The van der Waals surface area contributed by atoms with Crippen LogP contribution in [0.3, 0.4) is 0 Å². The summed E-state index contributed by atoms with van der Waals surface area (Å²) in [7, 11) is 1.82. The second-order valence-electron chi connectivity index (χ2n) is 7.63. The highest BCUT2D eigenvalue weighted by Gasteiger charge is 2.32. The molecule has 7 heteroatoms. The maximum Gasteiger partial charge on any atom is 0.237 e. The van der Waals surface area contributed by atoms with Crippen molar-refractivity contribution in [3.63, 3.8) is 0 Å². The van der Waals surface area contributed by atoms with Gasteiger partial charge in [-0.05, 0) is 43.7 Å². The van der Waals surface area contributed by atoms with Crippen molar-refractivity contribution < 1.29 is 4.79 Å². The van der Waals surface area contributed by atoms with Crippen LogP contribution in [-0.4, -0.2) is 46.6 Å². The van der Waals surface area contributed by atoms with E-state index in [1.165, 1.54) is 37.4 Å². The Balaban J connectivity index is 1.44. The quantitative estimate of drug-likeness (QED) is 0.711. The van der Waals surface area contributed by atoms with Crippen LogP contribution < -0.4 is 9.80 Å². The number of carbonyl (C=O) groups excluding carboxylic acids is 1. The number of para-hydroxylation sites is 1. The first-order chi connectivity index (χ1) is 13.1. The van der Waals surface area contributed by atoms with Gasteiger partial charge in [0.15, 0.2) is 5.16 Å². The summed E-state index contributed by atoms with van der Waals surface area (Å²) >= 11 is 1.50. The van der Waals surface area contributed by atoms with Gasteiger partial charge in [-0.3, -0.25) is 9.36 Å². The second kappa shape index (κ2) is 7.92. The van der Waals surface area contributed by atoms with Gasteiger partial charge < -0.3 is 9.80 Å². The van der Waals surface area contributed by atoms with Crippen molar-refractivity contribution in [1.82, 2.24) is 14.8 Å². The molecule has 0 bridgehead atoms. The molecule has 0 radical (unpaired) electrons. The van der Waals surface area contributed by atoms with Gasteiger partial charge in [-0.25, -0.2) is 0 Å². The van der Waals surface area contributed by atoms with Crippen molar-refractivity contribution in [2.75, 3.05) is 35.7 Å². The van der Waals surface area contributed by atoms with E-state index >= 15 is 0 Å². The number of thioether (sulfide) groups is 1. The molecule has 0 atom stereocenters. The maximum atomic E-state index is 12.6. The van der Waals surface area contributed by atoms with E-state index in [9.17, 15) is 4.79 Å². The molecular weight excluding hydrogens is 358 g/mol. The van der Waals surface area contributed by atoms with Gasteiger partial charge in [0.25, 0.3) is 0 Å². The Morgan fingerprint density at radius 1 is 1.15 bits per heavy atom. The summed E-state index contributed by atoms with van der Waals surface area (Å²) in [5.74, 6) is 2.23. The molecule has 0 spiro atoms. The number of carbonyl (C=O) groups is 1. The van der Waals surface area contributed by atoms with Gasteiger partial charge in [-0.2, -0.15) is 0 Å². The summed E-state index contributed by atoms with van der Waals surface area (Å²) in [6, 6.07) is 10.2. The molecule has 2 fully saturated rings. The first kappa shape index (κ1) is 18.3. The number of hydrogen-bond acceptors (Lipinski definition) is 5. The zero-order valence-corrected chi connectivity index (χ0v) is 16.9. The van der Waals surface area contributed by atoms with Crippen molar-refractivity contribution in [2.24, 2.45) is 5.92 Å². The van der Waals surface area contributed by atoms with Crippen LogP contribution in [0.25, 0.3) is 0 Å². The summed E-state index contributed by atoms with van der Waals surface area (Å²) in [5.41, 5.74) is 0.912. The largest absolute Gasteiger partial charge is 0.341 e. The molecular formula is C20H27N5OS. The van der Waals surface area contributed by atoms with E-state index in [0.717, 1.165) is 35.8 Å². The van der Waals surface area contributed by atoms with E-state index in [2.05, 4.69) is 26.6 Å². The van der Waals surface area contributed by atoms with Crippen molar-refractivity contribution in [2.45, 2.75) is 43.8 Å². The van der Waals surface area contributed by atoms with E-state index in [1.807, 2.05) is 37.4 Å². The molecule has 2 aromatic rings. The number of amides is 1. The van der Waals surface area contributed by atoms with Crippen LogP contribution in [-0.2, 0) is 4.79 Å².